The van der Waals surface area contributed by atoms with E-state index in [-0.39, 0.29) is 36.9 Å². The van der Waals surface area contributed by atoms with Gasteiger partial charge in [0.25, 0.3) is 11.9 Å². The number of amides is 2. The first-order valence-electron chi connectivity index (χ1n) is 9.98. The first kappa shape index (κ1) is 20.0. The van der Waals surface area contributed by atoms with Crippen LogP contribution >= 0.6 is 11.6 Å². The van der Waals surface area contributed by atoms with Crippen LogP contribution in [0.2, 0.25) is 5.02 Å². The molecule has 1 aliphatic rings. The van der Waals surface area contributed by atoms with Crippen LogP contribution in [-0.2, 0) is 9.59 Å². The highest BCUT2D eigenvalue weighted by Gasteiger charge is 2.29. The number of benzene rings is 3. The van der Waals surface area contributed by atoms with Gasteiger partial charge in [-0.05, 0) is 40.6 Å². The largest absolute Gasteiger partial charge is 0.484 e. The highest BCUT2D eigenvalue weighted by molar-refractivity contribution is 6.30. The summed E-state index contributed by atoms with van der Waals surface area (Å²) in [4.78, 5) is 28.8. The van der Waals surface area contributed by atoms with Crippen LogP contribution < -0.4 is 15.4 Å². The summed E-state index contributed by atoms with van der Waals surface area (Å²) in [5.74, 6) is 0.365. The van der Waals surface area contributed by atoms with Crippen molar-refractivity contribution in [3.63, 3.8) is 0 Å². The van der Waals surface area contributed by atoms with Crippen molar-refractivity contribution >= 4 is 46.1 Å². The van der Waals surface area contributed by atoms with Gasteiger partial charge in [0.1, 0.15) is 5.75 Å². The van der Waals surface area contributed by atoms with Crippen molar-refractivity contribution in [1.82, 2.24) is 14.8 Å². The molecule has 0 spiro atoms. The second-order valence-corrected chi connectivity index (χ2v) is 7.81. The Bertz CT molecular complexity index is 1320. The van der Waals surface area contributed by atoms with Crippen molar-refractivity contribution in [3.8, 4) is 5.75 Å². The summed E-state index contributed by atoms with van der Waals surface area (Å²) in [6.45, 7) is -0.199. The van der Waals surface area contributed by atoms with Crippen LogP contribution in [0.15, 0.2) is 66.7 Å². The Balaban J connectivity index is 1.28. The van der Waals surface area contributed by atoms with E-state index in [0.717, 1.165) is 16.3 Å². The summed E-state index contributed by atoms with van der Waals surface area (Å²) in [7, 11) is 0. The van der Waals surface area contributed by atoms with E-state index in [2.05, 4.69) is 20.7 Å². The number of ether oxygens (including phenoxy) is 1. The zero-order valence-electron chi connectivity index (χ0n) is 16.8. The Kier molecular flexibility index (Phi) is 5.20. The molecule has 2 N–H and O–H groups in total. The van der Waals surface area contributed by atoms with Crippen LogP contribution in [0.1, 0.15) is 18.0 Å². The molecule has 0 saturated heterocycles. The number of hydrogen-bond donors (Lipinski definition) is 2. The van der Waals surface area contributed by atoms with E-state index >= 15 is 0 Å². The fourth-order valence-electron chi connectivity index (χ4n) is 3.63. The molecule has 8 nitrogen and oxygen atoms in total. The third-order valence-electron chi connectivity index (χ3n) is 5.15. The highest BCUT2D eigenvalue weighted by atomic mass is 35.5. The molecule has 2 amide bonds. The maximum atomic E-state index is 12.4. The molecule has 0 bridgehead atoms. The molecule has 0 fully saturated rings. The smallest absolute Gasteiger partial charge is 0.264 e. The van der Waals surface area contributed by atoms with Crippen LogP contribution in [0.5, 0.6) is 5.75 Å². The number of nitrogens with zero attached hydrogens (tertiary/aromatic N) is 3. The fraction of sp³-hybridized carbons (Fsp3) is 0.130. The number of hydrogen-bond acceptors (Lipinski definition) is 5. The predicted octanol–water partition coefficient (Wildman–Crippen LogP) is 4.03. The van der Waals surface area contributed by atoms with E-state index in [1.807, 2.05) is 54.6 Å². The van der Waals surface area contributed by atoms with Crippen LogP contribution in [0.4, 0.5) is 11.9 Å². The number of carbonyl (C=O) groups excluding carboxylic acids is 2. The van der Waals surface area contributed by atoms with Crippen LogP contribution in [0, 0.1) is 0 Å². The van der Waals surface area contributed by atoms with Crippen molar-refractivity contribution in [1.29, 1.82) is 0 Å². The van der Waals surface area contributed by atoms with Gasteiger partial charge in [-0.25, -0.2) is 4.68 Å². The topological polar surface area (TPSA) is 98.1 Å². The van der Waals surface area contributed by atoms with Crippen molar-refractivity contribution < 1.29 is 14.3 Å². The maximum absolute atomic E-state index is 12.4. The van der Waals surface area contributed by atoms with Crippen molar-refractivity contribution in [3.05, 3.63) is 77.3 Å². The summed E-state index contributed by atoms with van der Waals surface area (Å²) in [6, 6.07) is 20.4. The molecule has 9 heteroatoms. The van der Waals surface area contributed by atoms with Gasteiger partial charge in [0.05, 0.1) is 12.5 Å². The van der Waals surface area contributed by atoms with E-state index in [1.165, 1.54) is 0 Å². The molecular weight excluding hydrogens is 430 g/mol. The fourth-order valence-corrected chi connectivity index (χ4v) is 3.75. The molecule has 2 heterocycles. The monoisotopic (exact) mass is 447 g/mol. The van der Waals surface area contributed by atoms with Gasteiger partial charge >= 0.3 is 0 Å². The maximum Gasteiger partial charge on any atom is 0.264 e. The third-order valence-corrected chi connectivity index (χ3v) is 5.41. The average molecular weight is 448 g/mol. The molecule has 0 aliphatic carbocycles. The second-order valence-electron chi connectivity index (χ2n) is 7.37. The summed E-state index contributed by atoms with van der Waals surface area (Å²) in [6.07, 6.45) is 0.205. The molecular formula is C23H18ClN5O3. The molecule has 3 aromatic carbocycles. The van der Waals surface area contributed by atoms with Crippen LogP contribution in [0.25, 0.3) is 10.8 Å². The minimum absolute atomic E-state index is 0.0910. The minimum atomic E-state index is -0.407. The van der Waals surface area contributed by atoms with Gasteiger partial charge in [-0.1, -0.05) is 54.1 Å². The van der Waals surface area contributed by atoms with Crippen LogP contribution in [0.3, 0.4) is 0 Å². The van der Waals surface area contributed by atoms with Crippen LogP contribution in [-0.4, -0.2) is 33.2 Å². The Morgan fingerprint density at radius 2 is 1.91 bits per heavy atom. The van der Waals surface area contributed by atoms with Gasteiger partial charge in [0.2, 0.25) is 11.9 Å². The zero-order valence-corrected chi connectivity index (χ0v) is 17.5. The second kappa shape index (κ2) is 8.32. The average Bonchev–Trinajstić information content (AvgIpc) is 3.19. The van der Waals surface area contributed by atoms with Gasteiger partial charge in [-0.15, -0.1) is 5.10 Å². The SMILES string of the molecule is O=C(COc1ccc2ccccc2c1)Nc1nc2n(n1)[C@@H](c1ccc(Cl)cc1)CC(=O)N2. The van der Waals surface area contributed by atoms with Gasteiger partial charge in [0.15, 0.2) is 6.61 Å². The molecule has 1 aromatic heterocycles. The van der Waals surface area contributed by atoms with E-state index < -0.39 is 5.91 Å². The molecule has 0 saturated carbocycles. The number of nitrogens with one attached hydrogen (secondary N) is 2. The lowest BCUT2D eigenvalue weighted by Crippen LogP contribution is -2.29. The minimum Gasteiger partial charge on any atom is -0.484 e. The Labute approximate surface area is 188 Å². The molecule has 0 radical (unpaired) electrons. The molecule has 1 aliphatic heterocycles. The normalized spacial score (nSPS) is 15.2. The van der Waals surface area contributed by atoms with Gasteiger partial charge < -0.3 is 4.74 Å². The van der Waals surface area contributed by atoms with E-state index in [4.69, 9.17) is 16.3 Å². The van der Waals surface area contributed by atoms with Gasteiger partial charge in [-0.3, -0.25) is 20.2 Å². The Hall–Kier alpha value is -3.91. The van der Waals surface area contributed by atoms with E-state index in [0.29, 0.717) is 10.8 Å². The lowest BCUT2D eigenvalue weighted by molar-refractivity contribution is -0.118. The number of halogens is 1. The highest BCUT2D eigenvalue weighted by Crippen LogP contribution is 2.30. The lowest BCUT2D eigenvalue weighted by atomic mass is 10.0. The van der Waals surface area contributed by atoms with Crippen molar-refractivity contribution in [2.45, 2.75) is 12.5 Å². The predicted molar refractivity (Wildman–Crippen MR) is 121 cm³/mol. The lowest BCUT2D eigenvalue weighted by Gasteiger charge is -2.23. The number of aromatic nitrogens is 3. The Morgan fingerprint density at radius 3 is 2.72 bits per heavy atom. The number of fused-ring (bicyclic) bond motifs is 2. The summed E-state index contributed by atoms with van der Waals surface area (Å²) >= 11 is 5.97. The Morgan fingerprint density at radius 1 is 1.12 bits per heavy atom. The molecule has 5 rings (SSSR count). The first-order chi connectivity index (χ1) is 15.5. The summed E-state index contributed by atoms with van der Waals surface area (Å²) in [5, 5.41) is 12.4. The van der Waals surface area contributed by atoms with Crippen molar-refractivity contribution in [2.75, 3.05) is 17.2 Å². The standard InChI is InChI=1S/C23H18ClN5O3/c24-17-8-5-15(6-9-17)19-12-20(30)26-23-27-22(28-29(19)23)25-21(31)13-32-18-10-7-14-3-1-2-4-16(14)11-18/h1-11,19H,12-13H2,(H2,25,26,27,28,30,31)/t19-/m1/s1. The molecule has 4 aromatic rings. The molecule has 32 heavy (non-hydrogen) atoms. The summed E-state index contributed by atoms with van der Waals surface area (Å²) < 4.78 is 7.20. The number of carbonyl (C=O) groups is 2. The summed E-state index contributed by atoms with van der Waals surface area (Å²) in [5.41, 5.74) is 0.868. The molecule has 1 atom stereocenters. The molecule has 0 unspecified atom stereocenters. The number of anilines is 2. The van der Waals surface area contributed by atoms with E-state index in [1.54, 1.807) is 16.8 Å². The number of rotatable bonds is 5. The quantitative estimate of drug-likeness (QED) is 0.481. The van der Waals surface area contributed by atoms with E-state index in [9.17, 15) is 9.59 Å². The van der Waals surface area contributed by atoms with Crippen molar-refractivity contribution in [2.24, 2.45) is 0 Å². The third kappa shape index (κ3) is 4.13. The van der Waals surface area contributed by atoms with Gasteiger partial charge in [-0.2, -0.15) is 4.98 Å². The van der Waals surface area contributed by atoms with Gasteiger partial charge in [0, 0.05) is 5.02 Å². The zero-order chi connectivity index (χ0) is 22.1. The molecule has 160 valence electrons. The first-order valence-corrected chi connectivity index (χ1v) is 10.4.